The monoisotopic (exact) mass is 141 g/mol. The van der Waals surface area contributed by atoms with Crippen LogP contribution in [0.4, 0.5) is 0 Å². The predicted molar refractivity (Wildman–Crippen MR) is 45.1 cm³/mol. The van der Waals surface area contributed by atoms with Crippen molar-refractivity contribution in [1.82, 2.24) is 4.90 Å². The van der Waals surface area contributed by atoms with E-state index in [1.807, 2.05) is 0 Å². The fourth-order valence-corrected chi connectivity index (χ4v) is 2.27. The van der Waals surface area contributed by atoms with Crippen LogP contribution in [0.15, 0.2) is 0 Å². The van der Waals surface area contributed by atoms with E-state index in [4.69, 9.17) is 0 Å². The molecule has 0 saturated heterocycles. The van der Waals surface area contributed by atoms with E-state index < -0.39 is 0 Å². The lowest BCUT2D eigenvalue weighted by atomic mass is 9.65. The summed E-state index contributed by atoms with van der Waals surface area (Å²) in [4.78, 5) is 2.40. The minimum Gasteiger partial charge on any atom is -0.303 e. The third kappa shape index (κ3) is 0.878. The molecule has 0 aliphatic heterocycles. The van der Waals surface area contributed by atoms with Crippen LogP contribution >= 0.6 is 0 Å². The lowest BCUT2D eigenvalue weighted by Crippen LogP contribution is -2.55. The summed E-state index contributed by atoms with van der Waals surface area (Å²) in [6, 6.07) is 0. The zero-order valence-electron chi connectivity index (χ0n) is 7.65. The maximum absolute atomic E-state index is 2.40. The third-order valence-corrected chi connectivity index (χ3v) is 3.43. The Hall–Kier alpha value is -0.0400. The van der Waals surface area contributed by atoms with Crippen molar-refractivity contribution in [2.24, 2.45) is 5.92 Å². The molecular weight excluding hydrogens is 122 g/mol. The highest BCUT2D eigenvalue weighted by Gasteiger charge is 2.43. The summed E-state index contributed by atoms with van der Waals surface area (Å²) in [6.07, 6.45) is 4.13. The predicted octanol–water partition coefficient (Wildman–Crippen LogP) is 2.13. The Balaban J connectivity index is 2.60. The molecule has 0 aromatic rings. The first kappa shape index (κ1) is 8.06. The lowest BCUT2D eigenvalue weighted by Gasteiger charge is -2.52. The molecule has 60 valence electrons. The van der Waals surface area contributed by atoms with Gasteiger partial charge in [0.2, 0.25) is 0 Å². The van der Waals surface area contributed by atoms with Crippen LogP contribution in [-0.4, -0.2) is 24.5 Å². The molecule has 0 spiro atoms. The Bertz CT molecular complexity index is 109. The van der Waals surface area contributed by atoms with Gasteiger partial charge in [0.25, 0.3) is 0 Å². The highest BCUT2D eigenvalue weighted by atomic mass is 15.2. The van der Waals surface area contributed by atoms with Crippen molar-refractivity contribution in [2.75, 3.05) is 14.1 Å². The fraction of sp³-hybridized carbons (Fsp3) is 1.00. The average Bonchev–Trinajstić information content (AvgIpc) is 1.86. The topological polar surface area (TPSA) is 3.24 Å². The van der Waals surface area contributed by atoms with Crippen LogP contribution in [0.25, 0.3) is 0 Å². The number of hydrogen-bond acceptors (Lipinski definition) is 1. The van der Waals surface area contributed by atoms with Gasteiger partial charge in [-0.1, -0.05) is 13.8 Å². The van der Waals surface area contributed by atoms with Gasteiger partial charge in [-0.2, -0.15) is 0 Å². The highest BCUT2D eigenvalue weighted by molar-refractivity contribution is 4.99. The third-order valence-electron chi connectivity index (χ3n) is 3.43. The van der Waals surface area contributed by atoms with Gasteiger partial charge >= 0.3 is 0 Å². The SMILES string of the molecule is CCC1(N(C)C)CCC1C. The van der Waals surface area contributed by atoms with Crippen LogP contribution < -0.4 is 0 Å². The van der Waals surface area contributed by atoms with Crippen molar-refractivity contribution in [3.8, 4) is 0 Å². The van der Waals surface area contributed by atoms with Crippen LogP contribution in [0.1, 0.15) is 33.1 Å². The molecule has 10 heavy (non-hydrogen) atoms. The molecule has 1 fully saturated rings. The molecule has 0 aromatic heterocycles. The Morgan fingerprint density at radius 1 is 1.50 bits per heavy atom. The van der Waals surface area contributed by atoms with E-state index in [-0.39, 0.29) is 0 Å². The molecule has 0 heterocycles. The fourth-order valence-electron chi connectivity index (χ4n) is 2.27. The van der Waals surface area contributed by atoms with Gasteiger partial charge in [-0.15, -0.1) is 0 Å². The van der Waals surface area contributed by atoms with Gasteiger partial charge in [0, 0.05) is 5.54 Å². The van der Waals surface area contributed by atoms with Crippen molar-refractivity contribution in [3.05, 3.63) is 0 Å². The minimum atomic E-state index is 0.556. The summed E-state index contributed by atoms with van der Waals surface area (Å²) in [5.74, 6) is 0.910. The zero-order valence-corrected chi connectivity index (χ0v) is 7.65. The first-order chi connectivity index (χ1) is 4.63. The van der Waals surface area contributed by atoms with Crippen LogP contribution in [0.5, 0.6) is 0 Å². The second kappa shape index (κ2) is 2.54. The van der Waals surface area contributed by atoms with Gasteiger partial charge in [0.1, 0.15) is 0 Å². The molecule has 0 N–H and O–H groups in total. The van der Waals surface area contributed by atoms with Gasteiger partial charge in [-0.05, 0) is 39.3 Å². The molecular formula is C9H19N. The standard InChI is InChI=1S/C9H19N/c1-5-9(10(3)4)7-6-8(9)2/h8H,5-7H2,1-4H3. The molecule has 2 atom stereocenters. The summed E-state index contributed by atoms with van der Waals surface area (Å²) in [7, 11) is 4.42. The summed E-state index contributed by atoms with van der Waals surface area (Å²) < 4.78 is 0. The van der Waals surface area contributed by atoms with Gasteiger partial charge in [-0.3, -0.25) is 0 Å². The normalized spacial score (nSPS) is 39.9. The molecule has 1 aliphatic carbocycles. The molecule has 2 unspecified atom stereocenters. The van der Waals surface area contributed by atoms with E-state index in [9.17, 15) is 0 Å². The lowest BCUT2D eigenvalue weighted by molar-refractivity contribution is -0.00613. The van der Waals surface area contributed by atoms with Crippen molar-refractivity contribution in [2.45, 2.75) is 38.6 Å². The van der Waals surface area contributed by atoms with E-state index in [1.54, 1.807) is 0 Å². The summed E-state index contributed by atoms with van der Waals surface area (Å²) in [5, 5.41) is 0. The van der Waals surface area contributed by atoms with E-state index in [0.29, 0.717) is 5.54 Å². The van der Waals surface area contributed by atoms with Gasteiger partial charge in [0.05, 0.1) is 0 Å². The smallest absolute Gasteiger partial charge is 0.0226 e. The molecule has 0 amide bonds. The van der Waals surface area contributed by atoms with Gasteiger partial charge in [-0.25, -0.2) is 0 Å². The summed E-state index contributed by atoms with van der Waals surface area (Å²) in [6.45, 7) is 4.67. The van der Waals surface area contributed by atoms with Crippen LogP contribution in [0.3, 0.4) is 0 Å². The Morgan fingerprint density at radius 2 is 2.10 bits per heavy atom. The van der Waals surface area contributed by atoms with Crippen molar-refractivity contribution in [1.29, 1.82) is 0 Å². The number of rotatable bonds is 2. The van der Waals surface area contributed by atoms with E-state index in [1.165, 1.54) is 19.3 Å². The zero-order chi connectivity index (χ0) is 7.78. The van der Waals surface area contributed by atoms with Crippen molar-refractivity contribution in [3.63, 3.8) is 0 Å². The van der Waals surface area contributed by atoms with Crippen molar-refractivity contribution < 1.29 is 0 Å². The summed E-state index contributed by atoms with van der Waals surface area (Å²) in [5.41, 5.74) is 0.556. The first-order valence-electron chi connectivity index (χ1n) is 4.31. The molecule has 1 saturated carbocycles. The Labute approximate surface area is 64.4 Å². The molecule has 0 aromatic carbocycles. The largest absolute Gasteiger partial charge is 0.303 e. The molecule has 0 bridgehead atoms. The Morgan fingerprint density at radius 3 is 2.10 bits per heavy atom. The molecule has 1 aliphatic rings. The number of nitrogens with zero attached hydrogens (tertiary/aromatic N) is 1. The van der Waals surface area contributed by atoms with E-state index >= 15 is 0 Å². The Kier molecular flexibility index (Phi) is 2.04. The molecule has 1 heteroatoms. The maximum Gasteiger partial charge on any atom is 0.0226 e. The van der Waals surface area contributed by atoms with Crippen molar-refractivity contribution >= 4 is 0 Å². The van der Waals surface area contributed by atoms with Crippen LogP contribution in [0.2, 0.25) is 0 Å². The van der Waals surface area contributed by atoms with Crippen LogP contribution in [0, 0.1) is 5.92 Å². The second-order valence-electron chi connectivity index (χ2n) is 3.79. The van der Waals surface area contributed by atoms with E-state index in [0.717, 1.165) is 5.92 Å². The second-order valence-corrected chi connectivity index (χ2v) is 3.79. The van der Waals surface area contributed by atoms with E-state index in [2.05, 4.69) is 32.8 Å². The maximum atomic E-state index is 2.40. The minimum absolute atomic E-state index is 0.556. The summed E-state index contributed by atoms with van der Waals surface area (Å²) >= 11 is 0. The van der Waals surface area contributed by atoms with Gasteiger partial charge in [0.15, 0.2) is 0 Å². The number of hydrogen-bond donors (Lipinski definition) is 0. The quantitative estimate of drug-likeness (QED) is 0.569. The van der Waals surface area contributed by atoms with Crippen LogP contribution in [-0.2, 0) is 0 Å². The molecule has 1 nitrogen and oxygen atoms in total. The van der Waals surface area contributed by atoms with Gasteiger partial charge < -0.3 is 4.90 Å². The first-order valence-corrected chi connectivity index (χ1v) is 4.31. The highest BCUT2D eigenvalue weighted by Crippen LogP contribution is 2.44. The average molecular weight is 141 g/mol. The molecule has 1 rings (SSSR count). The molecule has 0 radical (unpaired) electrons.